The second kappa shape index (κ2) is 5.39. The van der Waals surface area contributed by atoms with Crippen molar-refractivity contribution in [2.24, 2.45) is 0 Å². The molecule has 6 nitrogen and oxygen atoms in total. The number of carbonyl (C=O) groups excluding carboxylic acids is 1. The molecule has 98 valence electrons. The predicted molar refractivity (Wildman–Crippen MR) is 68.8 cm³/mol. The highest BCUT2D eigenvalue weighted by molar-refractivity contribution is 6.32. The number of hydrogen-bond donors (Lipinski definition) is 2. The zero-order valence-electron chi connectivity index (χ0n) is 10.1. The van der Waals surface area contributed by atoms with Crippen molar-refractivity contribution in [3.8, 4) is 0 Å². The molecule has 2 N–H and O–H groups in total. The Morgan fingerprint density at radius 1 is 1.61 bits per heavy atom. The Bertz CT molecular complexity index is 514. The van der Waals surface area contributed by atoms with Gasteiger partial charge in [0.2, 0.25) is 5.91 Å². The molecule has 0 saturated carbocycles. The largest absolute Gasteiger partial charge is 0.377 e. The molecule has 0 spiro atoms. The molecule has 2 rings (SSSR count). The highest BCUT2D eigenvalue weighted by atomic mass is 35.5. The predicted octanol–water partition coefficient (Wildman–Crippen LogP) is 0.607. The van der Waals surface area contributed by atoms with Crippen LogP contribution in [0.25, 0.3) is 0 Å². The van der Waals surface area contributed by atoms with Gasteiger partial charge in [-0.2, -0.15) is 5.10 Å². The molecule has 1 aliphatic rings. The monoisotopic (exact) mass is 270 g/mol. The molecule has 1 amide bonds. The maximum absolute atomic E-state index is 11.9. The van der Waals surface area contributed by atoms with Gasteiger partial charge in [0.15, 0.2) is 0 Å². The summed E-state index contributed by atoms with van der Waals surface area (Å²) in [5, 5.41) is 9.93. The molecule has 1 fully saturated rings. The number of hydrogen-bond acceptors (Lipinski definition) is 4. The van der Waals surface area contributed by atoms with Crippen molar-refractivity contribution >= 4 is 23.2 Å². The van der Waals surface area contributed by atoms with Crippen molar-refractivity contribution in [3.63, 3.8) is 0 Å². The van der Waals surface area contributed by atoms with E-state index in [1.165, 1.54) is 10.9 Å². The van der Waals surface area contributed by atoms with Crippen molar-refractivity contribution < 1.29 is 4.79 Å². The summed E-state index contributed by atoms with van der Waals surface area (Å²) >= 11 is 6.01. The Labute approximate surface area is 109 Å². The molecule has 18 heavy (non-hydrogen) atoms. The van der Waals surface area contributed by atoms with Crippen LogP contribution < -0.4 is 16.2 Å². The van der Waals surface area contributed by atoms with Crippen molar-refractivity contribution in [3.05, 3.63) is 21.6 Å². The van der Waals surface area contributed by atoms with Crippen LogP contribution in [0.15, 0.2) is 11.0 Å². The first kappa shape index (κ1) is 12.9. The summed E-state index contributed by atoms with van der Waals surface area (Å²) in [5.41, 5.74) is 0.177. The van der Waals surface area contributed by atoms with Gasteiger partial charge in [-0.3, -0.25) is 9.59 Å². The van der Waals surface area contributed by atoms with Gasteiger partial charge < -0.3 is 10.6 Å². The lowest BCUT2D eigenvalue weighted by Gasteiger charge is -2.13. The summed E-state index contributed by atoms with van der Waals surface area (Å²) in [6, 6.07) is -0.0433. The standard InChI is InChI=1S/C11H15ClN4O2/c1-2-3-16-11(18)10(12)8(6-14-16)15-7-4-9(17)13-5-7/h6-7,15H,2-5H2,1H3,(H,13,17). The van der Waals surface area contributed by atoms with E-state index in [4.69, 9.17) is 11.6 Å². The van der Waals surface area contributed by atoms with E-state index in [-0.39, 0.29) is 22.5 Å². The fourth-order valence-electron chi connectivity index (χ4n) is 1.86. The van der Waals surface area contributed by atoms with E-state index < -0.39 is 0 Å². The third-order valence-corrected chi connectivity index (χ3v) is 3.12. The highest BCUT2D eigenvalue weighted by Crippen LogP contribution is 2.18. The third kappa shape index (κ3) is 2.64. The molecule has 0 aliphatic carbocycles. The van der Waals surface area contributed by atoms with E-state index in [2.05, 4.69) is 15.7 Å². The number of halogens is 1. The van der Waals surface area contributed by atoms with Crippen LogP contribution in [0.1, 0.15) is 19.8 Å². The molecule has 7 heteroatoms. The lowest BCUT2D eigenvalue weighted by Crippen LogP contribution is -2.27. The fraction of sp³-hybridized carbons (Fsp3) is 0.545. The molecular formula is C11H15ClN4O2. The van der Waals surface area contributed by atoms with Gasteiger partial charge in [-0.15, -0.1) is 0 Å². The molecule has 2 heterocycles. The van der Waals surface area contributed by atoms with Crippen molar-refractivity contribution in [1.82, 2.24) is 15.1 Å². The van der Waals surface area contributed by atoms with Crippen LogP contribution in [0.3, 0.4) is 0 Å². The number of amides is 1. The van der Waals surface area contributed by atoms with Gasteiger partial charge in [0.05, 0.1) is 17.9 Å². The lowest BCUT2D eigenvalue weighted by atomic mass is 10.2. The number of aromatic nitrogens is 2. The van der Waals surface area contributed by atoms with E-state index in [1.807, 2.05) is 6.92 Å². The Morgan fingerprint density at radius 3 is 3.00 bits per heavy atom. The third-order valence-electron chi connectivity index (χ3n) is 2.76. The molecule has 1 aliphatic heterocycles. The second-order valence-electron chi connectivity index (χ2n) is 4.25. The maximum atomic E-state index is 11.9. The zero-order valence-corrected chi connectivity index (χ0v) is 10.8. The number of nitrogens with zero attached hydrogens (tertiary/aromatic N) is 2. The van der Waals surface area contributed by atoms with Gasteiger partial charge in [0, 0.05) is 19.5 Å². The van der Waals surface area contributed by atoms with E-state index >= 15 is 0 Å². The van der Waals surface area contributed by atoms with Crippen LogP contribution in [-0.4, -0.2) is 28.3 Å². The van der Waals surface area contributed by atoms with Gasteiger partial charge in [0.1, 0.15) is 5.02 Å². The molecular weight excluding hydrogens is 256 g/mol. The van der Waals surface area contributed by atoms with E-state index in [0.29, 0.717) is 25.2 Å². The number of nitrogens with one attached hydrogen (secondary N) is 2. The first-order chi connectivity index (χ1) is 8.61. The lowest BCUT2D eigenvalue weighted by molar-refractivity contribution is -0.119. The molecule has 1 unspecified atom stereocenters. The van der Waals surface area contributed by atoms with Gasteiger partial charge in [-0.25, -0.2) is 4.68 Å². The van der Waals surface area contributed by atoms with Crippen molar-refractivity contribution in [2.45, 2.75) is 32.4 Å². The molecule has 0 radical (unpaired) electrons. The summed E-state index contributed by atoms with van der Waals surface area (Å²) in [5.74, 6) is -0.00379. The molecule has 0 aromatic carbocycles. The quantitative estimate of drug-likeness (QED) is 0.840. The van der Waals surface area contributed by atoms with Crippen LogP contribution in [-0.2, 0) is 11.3 Å². The Balaban J connectivity index is 2.17. The Hall–Kier alpha value is -1.56. The maximum Gasteiger partial charge on any atom is 0.287 e. The van der Waals surface area contributed by atoms with Crippen LogP contribution in [0.5, 0.6) is 0 Å². The van der Waals surface area contributed by atoms with Crippen molar-refractivity contribution in [2.75, 3.05) is 11.9 Å². The first-order valence-corrected chi connectivity index (χ1v) is 6.28. The minimum atomic E-state index is -0.305. The number of anilines is 1. The summed E-state index contributed by atoms with van der Waals surface area (Å²) < 4.78 is 1.34. The number of carbonyl (C=O) groups is 1. The molecule has 1 atom stereocenters. The van der Waals surface area contributed by atoms with Gasteiger partial charge in [-0.05, 0) is 6.42 Å². The van der Waals surface area contributed by atoms with Crippen LogP contribution in [0, 0.1) is 0 Å². The minimum Gasteiger partial charge on any atom is -0.377 e. The fourth-order valence-corrected chi connectivity index (χ4v) is 2.06. The van der Waals surface area contributed by atoms with Crippen LogP contribution in [0.2, 0.25) is 5.02 Å². The Morgan fingerprint density at radius 2 is 2.39 bits per heavy atom. The topological polar surface area (TPSA) is 76.0 Å². The number of rotatable bonds is 4. The second-order valence-corrected chi connectivity index (χ2v) is 4.63. The molecule has 0 bridgehead atoms. The molecule has 1 aromatic rings. The summed E-state index contributed by atoms with van der Waals surface area (Å²) in [6.45, 7) is 3.04. The van der Waals surface area contributed by atoms with Gasteiger partial charge in [-0.1, -0.05) is 18.5 Å². The van der Waals surface area contributed by atoms with Gasteiger partial charge in [0.25, 0.3) is 5.56 Å². The smallest absolute Gasteiger partial charge is 0.287 e. The molecule has 1 aromatic heterocycles. The van der Waals surface area contributed by atoms with Gasteiger partial charge >= 0.3 is 0 Å². The summed E-state index contributed by atoms with van der Waals surface area (Å²) in [7, 11) is 0. The average Bonchev–Trinajstić information content (AvgIpc) is 2.75. The molecule has 1 saturated heterocycles. The van der Waals surface area contributed by atoms with E-state index in [9.17, 15) is 9.59 Å². The van der Waals surface area contributed by atoms with Crippen LogP contribution in [0.4, 0.5) is 5.69 Å². The highest BCUT2D eigenvalue weighted by Gasteiger charge is 2.22. The average molecular weight is 271 g/mol. The summed E-state index contributed by atoms with van der Waals surface area (Å²) in [6.07, 6.45) is 2.73. The van der Waals surface area contributed by atoms with E-state index in [0.717, 1.165) is 6.42 Å². The first-order valence-electron chi connectivity index (χ1n) is 5.90. The van der Waals surface area contributed by atoms with Crippen LogP contribution >= 0.6 is 11.6 Å². The Kier molecular flexibility index (Phi) is 3.86. The zero-order chi connectivity index (χ0) is 13.1. The van der Waals surface area contributed by atoms with E-state index in [1.54, 1.807) is 0 Å². The normalized spacial score (nSPS) is 18.8. The number of aryl methyl sites for hydroxylation is 1. The van der Waals surface area contributed by atoms with Crippen molar-refractivity contribution in [1.29, 1.82) is 0 Å². The minimum absolute atomic E-state index is 0.00379. The summed E-state index contributed by atoms with van der Waals surface area (Å²) in [4.78, 5) is 22.9. The SMILES string of the molecule is CCCn1ncc(NC2CNC(=O)C2)c(Cl)c1=O.